The van der Waals surface area contributed by atoms with Crippen LogP contribution in [0.15, 0.2) is 22.6 Å². The number of hydrogen-bond donors (Lipinski definition) is 1. The van der Waals surface area contributed by atoms with E-state index in [0.717, 1.165) is 25.1 Å². The van der Waals surface area contributed by atoms with Crippen LogP contribution in [-0.4, -0.2) is 35.1 Å². The van der Waals surface area contributed by atoms with Crippen LogP contribution in [0.2, 0.25) is 0 Å². The molecule has 0 aliphatic carbocycles. The summed E-state index contributed by atoms with van der Waals surface area (Å²) in [6, 6.07) is 3.68. The number of likely N-dealkylation sites (tertiary alicyclic amines) is 1. The van der Waals surface area contributed by atoms with E-state index in [1.165, 1.54) is 6.08 Å². The number of aryl methyl sites for hydroxylation is 1. The molecule has 1 amide bonds. The van der Waals surface area contributed by atoms with Crippen molar-refractivity contribution in [2.24, 2.45) is 0 Å². The zero-order valence-electron chi connectivity index (χ0n) is 9.93. The Kier molecular flexibility index (Phi) is 3.64. The molecule has 92 valence electrons. The van der Waals surface area contributed by atoms with Crippen LogP contribution in [0, 0.1) is 6.92 Å². The Balaban J connectivity index is 1.94. The summed E-state index contributed by atoms with van der Waals surface area (Å²) in [4.78, 5) is 13.5. The Morgan fingerprint density at radius 2 is 2.41 bits per heavy atom. The number of β-amino-alcohol motifs (C(OH)–C–C–N with tert-alkyl or cyclic N) is 1. The number of amides is 1. The number of nitrogens with zero attached hydrogens (tertiary/aromatic N) is 1. The number of carbonyl (C=O) groups is 1. The zero-order valence-corrected chi connectivity index (χ0v) is 9.93. The van der Waals surface area contributed by atoms with Gasteiger partial charge in [0.2, 0.25) is 5.91 Å². The van der Waals surface area contributed by atoms with Gasteiger partial charge in [-0.15, -0.1) is 0 Å². The molecule has 1 aromatic heterocycles. The predicted octanol–water partition coefficient (Wildman–Crippen LogP) is 1.58. The number of furan rings is 1. The summed E-state index contributed by atoms with van der Waals surface area (Å²) >= 11 is 0. The first kappa shape index (κ1) is 11.9. The highest BCUT2D eigenvalue weighted by atomic mass is 16.3. The van der Waals surface area contributed by atoms with E-state index in [2.05, 4.69) is 0 Å². The lowest BCUT2D eigenvalue weighted by molar-refractivity contribution is -0.128. The van der Waals surface area contributed by atoms with Crippen molar-refractivity contribution >= 4 is 12.0 Å². The topological polar surface area (TPSA) is 53.7 Å². The Morgan fingerprint density at radius 1 is 1.59 bits per heavy atom. The Labute approximate surface area is 101 Å². The van der Waals surface area contributed by atoms with Crippen molar-refractivity contribution in [2.75, 3.05) is 13.1 Å². The number of carbonyl (C=O) groups excluding carboxylic acids is 1. The van der Waals surface area contributed by atoms with Gasteiger partial charge in [-0.1, -0.05) is 0 Å². The lowest BCUT2D eigenvalue weighted by Crippen LogP contribution is -2.41. The van der Waals surface area contributed by atoms with Crippen LogP contribution in [0.5, 0.6) is 0 Å². The van der Waals surface area contributed by atoms with Gasteiger partial charge in [0.1, 0.15) is 11.5 Å². The number of aliphatic hydroxyl groups is 1. The summed E-state index contributed by atoms with van der Waals surface area (Å²) in [5.74, 6) is 1.43. The summed E-state index contributed by atoms with van der Waals surface area (Å²) < 4.78 is 5.34. The first-order chi connectivity index (χ1) is 8.15. The van der Waals surface area contributed by atoms with Gasteiger partial charge in [0.15, 0.2) is 0 Å². The van der Waals surface area contributed by atoms with Gasteiger partial charge in [0, 0.05) is 19.2 Å². The van der Waals surface area contributed by atoms with Crippen LogP contribution in [0.1, 0.15) is 24.4 Å². The second kappa shape index (κ2) is 5.19. The Hall–Kier alpha value is -1.55. The van der Waals surface area contributed by atoms with Crippen molar-refractivity contribution < 1.29 is 14.3 Å². The standard InChI is InChI=1S/C13H17NO3/c1-10-4-5-12(17-10)6-7-13(16)14-8-2-3-11(15)9-14/h4-7,11,15H,2-3,8-9H2,1H3/b7-6+/t11-/m0/s1. The molecule has 0 aromatic carbocycles. The molecule has 0 radical (unpaired) electrons. The molecular formula is C13H17NO3. The van der Waals surface area contributed by atoms with Crippen LogP contribution in [-0.2, 0) is 4.79 Å². The molecule has 1 N–H and O–H groups in total. The molecule has 0 saturated carbocycles. The Bertz CT molecular complexity index is 422. The van der Waals surface area contributed by atoms with Gasteiger partial charge in [-0.3, -0.25) is 4.79 Å². The Morgan fingerprint density at radius 3 is 3.06 bits per heavy atom. The highest BCUT2D eigenvalue weighted by Crippen LogP contribution is 2.12. The molecule has 17 heavy (non-hydrogen) atoms. The van der Waals surface area contributed by atoms with Crippen LogP contribution in [0.25, 0.3) is 6.08 Å². The van der Waals surface area contributed by atoms with Gasteiger partial charge in [0.25, 0.3) is 0 Å². The van der Waals surface area contributed by atoms with Crippen molar-refractivity contribution in [2.45, 2.75) is 25.9 Å². The minimum atomic E-state index is -0.382. The van der Waals surface area contributed by atoms with Crippen molar-refractivity contribution in [3.05, 3.63) is 29.7 Å². The third-order valence-corrected chi connectivity index (χ3v) is 2.86. The number of rotatable bonds is 2. The van der Waals surface area contributed by atoms with Crippen molar-refractivity contribution in [3.63, 3.8) is 0 Å². The molecule has 4 heteroatoms. The average molecular weight is 235 g/mol. The first-order valence-electron chi connectivity index (χ1n) is 5.86. The highest BCUT2D eigenvalue weighted by Gasteiger charge is 2.20. The average Bonchev–Trinajstić information content (AvgIpc) is 2.72. The lowest BCUT2D eigenvalue weighted by Gasteiger charge is -2.29. The maximum atomic E-state index is 11.8. The molecule has 1 aromatic rings. The maximum Gasteiger partial charge on any atom is 0.246 e. The molecule has 1 aliphatic rings. The van der Waals surface area contributed by atoms with E-state index in [0.29, 0.717) is 12.3 Å². The lowest BCUT2D eigenvalue weighted by atomic mass is 10.1. The van der Waals surface area contributed by atoms with E-state index >= 15 is 0 Å². The molecule has 2 heterocycles. The van der Waals surface area contributed by atoms with E-state index in [4.69, 9.17) is 4.42 Å². The quantitative estimate of drug-likeness (QED) is 0.792. The van der Waals surface area contributed by atoms with Gasteiger partial charge >= 0.3 is 0 Å². The fraction of sp³-hybridized carbons (Fsp3) is 0.462. The number of piperidine rings is 1. The fourth-order valence-electron chi connectivity index (χ4n) is 1.96. The maximum absolute atomic E-state index is 11.8. The number of hydrogen-bond acceptors (Lipinski definition) is 3. The smallest absolute Gasteiger partial charge is 0.246 e. The number of aliphatic hydroxyl groups excluding tert-OH is 1. The van der Waals surface area contributed by atoms with Crippen LogP contribution in [0.4, 0.5) is 0 Å². The molecule has 0 spiro atoms. The van der Waals surface area contributed by atoms with Crippen molar-refractivity contribution in [1.29, 1.82) is 0 Å². The van der Waals surface area contributed by atoms with Gasteiger partial charge < -0.3 is 14.4 Å². The third-order valence-electron chi connectivity index (χ3n) is 2.86. The van der Waals surface area contributed by atoms with E-state index in [-0.39, 0.29) is 12.0 Å². The van der Waals surface area contributed by atoms with E-state index in [1.54, 1.807) is 11.0 Å². The monoisotopic (exact) mass is 235 g/mol. The molecule has 0 bridgehead atoms. The molecular weight excluding hydrogens is 218 g/mol. The van der Waals surface area contributed by atoms with E-state index in [9.17, 15) is 9.90 Å². The third kappa shape index (κ3) is 3.20. The zero-order chi connectivity index (χ0) is 12.3. The fourth-order valence-corrected chi connectivity index (χ4v) is 1.96. The van der Waals surface area contributed by atoms with Crippen LogP contribution >= 0.6 is 0 Å². The summed E-state index contributed by atoms with van der Waals surface area (Å²) in [7, 11) is 0. The minimum Gasteiger partial charge on any atom is -0.462 e. The SMILES string of the molecule is Cc1ccc(/C=C/C(=O)N2CCC[C@H](O)C2)o1. The molecule has 4 nitrogen and oxygen atoms in total. The largest absolute Gasteiger partial charge is 0.462 e. The summed E-state index contributed by atoms with van der Waals surface area (Å²) in [6.45, 7) is 3.01. The van der Waals surface area contributed by atoms with Gasteiger partial charge in [-0.05, 0) is 38.0 Å². The summed E-state index contributed by atoms with van der Waals surface area (Å²) in [5, 5.41) is 9.48. The van der Waals surface area contributed by atoms with Crippen molar-refractivity contribution in [3.8, 4) is 0 Å². The molecule has 1 saturated heterocycles. The van der Waals surface area contributed by atoms with E-state index in [1.807, 2.05) is 19.1 Å². The summed E-state index contributed by atoms with van der Waals surface area (Å²) in [6.07, 6.45) is 4.42. The second-order valence-electron chi connectivity index (χ2n) is 4.36. The predicted molar refractivity (Wildman–Crippen MR) is 64.3 cm³/mol. The van der Waals surface area contributed by atoms with Gasteiger partial charge in [0.05, 0.1) is 6.10 Å². The molecule has 1 fully saturated rings. The van der Waals surface area contributed by atoms with Gasteiger partial charge in [-0.2, -0.15) is 0 Å². The molecule has 1 atom stereocenters. The first-order valence-corrected chi connectivity index (χ1v) is 5.86. The molecule has 0 unspecified atom stereocenters. The normalized spacial score (nSPS) is 21.1. The van der Waals surface area contributed by atoms with Crippen LogP contribution in [0.3, 0.4) is 0 Å². The van der Waals surface area contributed by atoms with Gasteiger partial charge in [-0.25, -0.2) is 0 Å². The van der Waals surface area contributed by atoms with Crippen molar-refractivity contribution in [1.82, 2.24) is 4.90 Å². The second-order valence-corrected chi connectivity index (χ2v) is 4.36. The summed E-state index contributed by atoms with van der Waals surface area (Å²) in [5.41, 5.74) is 0. The highest BCUT2D eigenvalue weighted by molar-refractivity contribution is 5.91. The molecule has 1 aliphatic heterocycles. The van der Waals surface area contributed by atoms with Crippen LogP contribution < -0.4 is 0 Å². The minimum absolute atomic E-state index is 0.0715. The molecule has 2 rings (SSSR count). The van der Waals surface area contributed by atoms with E-state index < -0.39 is 0 Å².